The highest BCUT2D eigenvalue weighted by molar-refractivity contribution is 9.18. The Morgan fingerprint density at radius 1 is 1.32 bits per heavy atom. The van der Waals surface area contributed by atoms with Crippen LogP contribution in [0.15, 0.2) is 24.3 Å². The number of carbonyl (C=O) groups excluding carboxylic acids is 1. The average Bonchev–Trinajstić information content (AvgIpc) is 2.47. The summed E-state index contributed by atoms with van der Waals surface area (Å²) in [6.07, 6.45) is 0. The van der Waals surface area contributed by atoms with E-state index in [1.165, 1.54) is 34.1 Å². The summed E-state index contributed by atoms with van der Waals surface area (Å²) in [5, 5.41) is 28.5. The third-order valence-electron chi connectivity index (χ3n) is 3.11. The standard InChI is InChI=1S/C12H13BrN6O3/c13-11(15)18-6-5-17(7-10(18)14)12(20)16-8-1-3-9(4-2-8)19(21)22/h1-4,14-15H,5-7H2,(H,16,20). The summed E-state index contributed by atoms with van der Waals surface area (Å²) < 4.78 is 0.0907. The molecule has 3 N–H and O–H groups in total. The average molecular weight is 369 g/mol. The molecule has 9 nitrogen and oxygen atoms in total. The van der Waals surface area contributed by atoms with E-state index >= 15 is 0 Å². The van der Waals surface area contributed by atoms with Crippen molar-refractivity contribution in [1.29, 1.82) is 10.8 Å². The van der Waals surface area contributed by atoms with Gasteiger partial charge in [0.25, 0.3) is 5.69 Å². The van der Waals surface area contributed by atoms with Gasteiger partial charge in [0.1, 0.15) is 5.84 Å². The topological polar surface area (TPSA) is 126 Å². The molecule has 2 amide bonds. The molecule has 1 aliphatic heterocycles. The maximum absolute atomic E-state index is 12.1. The van der Waals surface area contributed by atoms with Crippen molar-refractivity contribution in [3.63, 3.8) is 0 Å². The molecule has 0 bridgehead atoms. The van der Waals surface area contributed by atoms with Crippen molar-refractivity contribution in [3.8, 4) is 0 Å². The number of halogens is 1. The SMILES string of the molecule is N=C(Br)N1CCN(C(=O)Nc2ccc([N+](=O)[O-])cc2)CC1=N. The van der Waals surface area contributed by atoms with Gasteiger partial charge in [0.2, 0.25) is 0 Å². The van der Waals surface area contributed by atoms with Crippen LogP contribution in [0, 0.1) is 20.9 Å². The van der Waals surface area contributed by atoms with Crippen LogP contribution in [-0.2, 0) is 0 Å². The molecule has 0 unspecified atom stereocenters. The first-order valence-corrected chi connectivity index (χ1v) is 7.07. The van der Waals surface area contributed by atoms with Gasteiger partial charge in [-0.05, 0) is 28.1 Å². The quantitative estimate of drug-likeness (QED) is 0.242. The molecule has 1 aromatic rings. The Morgan fingerprint density at radius 2 is 1.95 bits per heavy atom. The van der Waals surface area contributed by atoms with Gasteiger partial charge in [0.05, 0.1) is 11.5 Å². The van der Waals surface area contributed by atoms with Gasteiger partial charge in [-0.25, -0.2) is 4.79 Å². The maximum atomic E-state index is 12.1. The predicted molar refractivity (Wildman–Crippen MR) is 84.8 cm³/mol. The highest BCUT2D eigenvalue weighted by Crippen LogP contribution is 2.16. The minimum atomic E-state index is -0.513. The van der Waals surface area contributed by atoms with E-state index in [4.69, 9.17) is 10.8 Å². The zero-order valence-corrected chi connectivity index (χ0v) is 13.0. The lowest BCUT2D eigenvalue weighted by Crippen LogP contribution is -2.53. The molecule has 0 radical (unpaired) electrons. The predicted octanol–water partition coefficient (Wildman–Crippen LogP) is 2.05. The van der Waals surface area contributed by atoms with Crippen LogP contribution in [-0.4, -0.2) is 51.0 Å². The van der Waals surface area contributed by atoms with Crippen LogP contribution < -0.4 is 5.32 Å². The summed E-state index contributed by atoms with van der Waals surface area (Å²) in [6, 6.07) is 5.13. The number of non-ortho nitro benzene ring substituents is 1. The molecule has 0 spiro atoms. The summed E-state index contributed by atoms with van der Waals surface area (Å²) in [6.45, 7) is 0.818. The largest absolute Gasteiger partial charge is 0.322 e. The number of anilines is 1. The molecular formula is C12H13BrN6O3. The van der Waals surface area contributed by atoms with Crippen LogP contribution >= 0.6 is 15.9 Å². The molecule has 1 aliphatic rings. The Bertz CT molecular complexity index is 632. The number of benzene rings is 1. The molecular weight excluding hydrogens is 356 g/mol. The molecule has 1 aromatic carbocycles. The van der Waals surface area contributed by atoms with Gasteiger partial charge in [0, 0.05) is 30.9 Å². The second-order valence-electron chi connectivity index (χ2n) is 4.54. The van der Waals surface area contributed by atoms with E-state index in [2.05, 4.69) is 21.2 Å². The minimum Gasteiger partial charge on any atom is -0.315 e. The molecule has 2 rings (SSSR count). The second kappa shape index (κ2) is 6.52. The van der Waals surface area contributed by atoms with Gasteiger partial charge in [0.15, 0.2) is 4.74 Å². The number of hydrogen-bond donors (Lipinski definition) is 3. The van der Waals surface area contributed by atoms with Crippen LogP contribution in [0.1, 0.15) is 0 Å². The number of rotatable bonds is 2. The number of carbonyl (C=O) groups is 1. The summed E-state index contributed by atoms with van der Waals surface area (Å²) in [4.78, 5) is 25.1. The number of nitro benzene ring substituents is 1. The lowest BCUT2D eigenvalue weighted by atomic mass is 10.3. The van der Waals surface area contributed by atoms with Crippen molar-refractivity contribution in [2.45, 2.75) is 0 Å². The third-order valence-corrected chi connectivity index (χ3v) is 3.54. The number of amides is 2. The Balaban J connectivity index is 1.97. The lowest BCUT2D eigenvalue weighted by molar-refractivity contribution is -0.384. The number of nitro groups is 1. The first kappa shape index (κ1) is 15.9. The monoisotopic (exact) mass is 368 g/mol. The summed E-state index contributed by atoms with van der Waals surface area (Å²) in [5.41, 5.74) is 0.391. The normalized spacial score (nSPS) is 14.7. The van der Waals surface area contributed by atoms with Gasteiger partial charge < -0.3 is 15.1 Å². The van der Waals surface area contributed by atoms with E-state index in [0.717, 1.165) is 0 Å². The van der Waals surface area contributed by atoms with Gasteiger partial charge in [-0.1, -0.05) is 0 Å². The Morgan fingerprint density at radius 3 is 2.45 bits per heavy atom. The molecule has 0 saturated carbocycles. The molecule has 0 atom stereocenters. The fraction of sp³-hybridized carbons (Fsp3) is 0.250. The van der Waals surface area contributed by atoms with Gasteiger partial charge in [-0.2, -0.15) is 0 Å². The number of nitrogens with zero attached hydrogens (tertiary/aromatic N) is 3. The first-order chi connectivity index (χ1) is 10.4. The smallest absolute Gasteiger partial charge is 0.315 e. The maximum Gasteiger partial charge on any atom is 0.322 e. The van der Waals surface area contributed by atoms with Gasteiger partial charge >= 0.3 is 6.03 Å². The van der Waals surface area contributed by atoms with Crippen molar-refractivity contribution < 1.29 is 9.72 Å². The molecule has 0 aromatic heterocycles. The first-order valence-electron chi connectivity index (χ1n) is 6.28. The Hall–Kier alpha value is -2.49. The van der Waals surface area contributed by atoms with E-state index in [9.17, 15) is 14.9 Å². The van der Waals surface area contributed by atoms with Crippen LogP contribution in [0.2, 0.25) is 0 Å². The van der Waals surface area contributed by atoms with Crippen molar-refractivity contribution in [3.05, 3.63) is 34.4 Å². The highest BCUT2D eigenvalue weighted by Gasteiger charge is 2.26. The number of amidine groups is 2. The molecule has 1 saturated heterocycles. The van der Waals surface area contributed by atoms with Gasteiger partial charge in [-0.15, -0.1) is 0 Å². The van der Waals surface area contributed by atoms with Crippen molar-refractivity contribution >= 4 is 43.9 Å². The second-order valence-corrected chi connectivity index (χ2v) is 5.30. The number of piperazine rings is 1. The number of nitrogens with one attached hydrogen (secondary N) is 3. The molecule has 1 fully saturated rings. The van der Waals surface area contributed by atoms with Crippen molar-refractivity contribution in [1.82, 2.24) is 9.80 Å². The van der Waals surface area contributed by atoms with Crippen LogP contribution in [0.25, 0.3) is 0 Å². The zero-order chi connectivity index (χ0) is 16.3. The summed E-state index contributed by atoms with van der Waals surface area (Å²) in [5.74, 6) is 0.145. The van der Waals surface area contributed by atoms with Gasteiger partial charge in [-0.3, -0.25) is 20.9 Å². The van der Waals surface area contributed by atoms with E-state index in [1.54, 1.807) is 0 Å². The fourth-order valence-electron chi connectivity index (χ4n) is 1.96. The van der Waals surface area contributed by atoms with Crippen LogP contribution in [0.3, 0.4) is 0 Å². The molecule has 116 valence electrons. The Labute approximate surface area is 134 Å². The number of hydrogen-bond acceptors (Lipinski definition) is 5. The van der Waals surface area contributed by atoms with Crippen molar-refractivity contribution in [2.24, 2.45) is 0 Å². The minimum absolute atomic E-state index is 0.0516. The molecule has 1 heterocycles. The molecule has 10 heteroatoms. The third kappa shape index (κ3) is 3.58. The van der Waals surface area contributed by atoms with Crippen LogP contribution in [0.5, 0.6) is 0 Å². The number of urea groups is 1. The fourth-order valence-corrected chi connectivity index (χ4v) is 2.35. The highest BCUT2D eigenvalue weighted by atomic mass is 79.9. The molecule has 22 heavy (non-hydrogen) atoms. The zero-order valence-electron chi connectivity index (χ0n) is 11.4. The summed E-state index contributed by atoms with van der Waals surface area (Å²) in [7, 11) is 0. The molecule has 0 aliphatic carbocycles. The van der Waals surface area contributed by atoms with E-state index in [1.807, 2.05) is 0 Å². The van der Waals surface area contributed by atoms with E-state index in [-0.39, 0.29) is 28.8 Å². The lowest BCUT2D eigenvalue weighted by Gasteiger charge is -2.34. The Kier molecular flexibility index (Phi) is 4.71. The van der Waals surface area contributed by atoms with Crippen molar-refractivity contribution in [2.75, 3.05) is 25.0 Å². The summed E-state index contributed by atoms with van der Waals surface area (Å²) >= 11 is 3.00. The van der Waals surface area contributed by atoms with E-state index in [0.29, 0.717) is 18.8 Å². The van der Waals surface area contributed by atoms with Crippen LogP contribution in [0.4, 0.5) is 16.2 Å². The van der Waals surface area contributed by atoms with E-state index < -0.39 is 4.92 Å².